The Balaban J connectivity index is 2.18. The maximum Gasteiger partial charge on any atom is 0.256 e. The summed E-state index contributed by atoms with van der Waals surface area (Å²) < 4.78 is 38.6. The Morgan fingerprint density at radius 1 is 1.25 bits per heavy atom. The van der Waals surface area contributed by atoms with Crippen molar-refractivity contribution in [3.8, 4) is 0 Å². The third kappa shape index (κ3) is 4.53. The molecule has 0 atom stereocenters. The van der Waals surface area contributed by atoms with E-state index in [0.717, 1.165) is 17.0 Å². The van der Waals surface area contributed by atoms with E-state index in [1.54, 1.807) is 0 Å². The summed E-state index contributed by atoms with van der Waals surface area (Å²) in [7, 11) is 0. The first-order chi connectivity index (χ1) is 11.2. The van der Waals surface area contributed by atoms with Crippen LogP contribution in [0.5, 0.6) is 0 Å². The molecule has 0 aliphatic rings. The van der Waals surface area contributed by atoms with Gasteiger partial charge in [-0.3, -0.25) is 4.79 Å². The molecule has 130 valence electrons. The zero-order chi connectivity index (χ0) is 17.9. The smallest absolute Gasteiger partial charge is 0.256 e. The Kier molecular flexibility index (Phi) is 5.20. The Morgan fingerprint density at radius 3 is 2.38 bits per heavy atom. The third-order valence-electron chi connectivity index (χ3n) is 3.12. The quantitative estimate of drug-likeness (QED) is 0.838. The maximum atomic E-state index is 13.0. The summed E-state index contributed by atoms with van der Waals surface area (Å²) in [5.74, 6) is -0.996. The van der Waals surface area contributed by atoms with E-state index in [0.29, 0.717) is 0 Å². The lowest BCUT2D eigenvalue weighted by atomic mass is 10.1. The number of alkyl halides is 2. The number of benzene rings is 1. The first-order valence-electron chi connectivity index (χ1n) is 7.30. The second-order valence-electron chi connectivity index (χ2n) is 6.21. The minimum Gasteiger partial charge on any atom is -0.306 e. The number of anilines is 1. The van der Waals surface area contributed by atoms with Crippen molar-refractivity contribution in [3.05, 3.63) is 35.9 Å². The van der Waals surface area contributed by atoms with Crippen molar-refractivity contribution >= 4 is 11.6 Å². The summed E-state index contributed by atoms with van der Waals surface area (Å²) in [5, 5.41) is 11.7. The van der Waals surface area contributed by atoms with Crippen molar-refractivity contribution in [2.24, 2.45) is 0 Å². The van der Waals surface area contributed by atoms with Crippen molar-refractivity contribution in [3.63, 3.8) is 0 Å². The summed E-state index contributed by atoms with van der Waals surface area (Å²) in [6, 6.07) is 4.76. The fourth-order valence-electron chi connectivity index (χ4n) is 1.94. The molecule has 0 radical (unpaired) electrons. The Morgan fingerprint density at radius 2 is 1.88 bits per heavy atom. The molecule has 1 heterocycles. The molecule has 0 fully saturated rings. The number of hydrogen-bond donors (Lipinski definition) is 0. The highest BCUT2D eigenvalue weighted by atomic mass is 19.3. The van der Waals surface area contributed by atoms with Crippen molar-refractivity contribution in [2.45, 2.75) is 39.2 Å². The monoisotopic (exact) mass is 341 g/mol. The van der Waals surface area contributed by atoms with Crippen molar-refractivity contribution < 1.29 is 18.0 Å². The molecule has 0 spiro atoms. The number of hydrogen-bond acceptors (Lipinski definition) is 4. The van der Waals surface area contributed by atoms with Gasteiger partial charge in [-0.25, -0.2) is 13.2 Å². The topological polar surface area (TPSA) is 63.9 Å². The minimum atomic E-state index is -2.72. The van der Waals surface area contributed by atoms with Crippen molar-refractivity contribution in [1.82, 2.24) is 20.2 Å². The fourth-order valence-corrected chi connectivity index (χ4v) is 1.94. The van der Waals surface area contributed by atoms with Crippen LogP contribution >= 0.6 is 0 Å². The molecule has 0 bridgehead atoms. The molecule has 2 aromatic rings. The van der Waals surface area contributed by atoms with Gasteiger partial charge in [0.25, 0.3) is 6.43 Å². The van der Waals surface area contributed by atoms with Crippen LogP contribution in [0.1, 0.15) is 26.6 Å². The molecule has 6 nitrogen and oxygen atoms in total. The Labute approximate surface area is 137 Å². The van der Waals surface area contributed by atoms with E-state index in [1.165, 1.54) is 16.9 Å². The zero-order valence-electron chi connectivity index (χ0n) is 13.6. The Hall–Kier alpha value is -2.45. The molecule has 0 unspecified atom stereocenters. The molecule has 1 aromatic heterocycles. The second-order valence-corrected chi connectivity index (χ2v) is 6.21. The van der Waals surface area contributed by atoms with Crippen LogP contribution in [-0.2, 0) is 16.8 Å². The number of aromatic nitrogens is 4. The fraction of sp³-hybridized carbons (Fsp3) is 0.467. The number of carbonyl (C=O) groups excluding carboxylic acids is 1. The van der Waals surface area contributed by atoms with Gasteiger partial charge < -0.3 is 4.90 Å². The highest BCUT2D eigenvalue weighted by molar-refractivity contribution is 5.94. The van der Waals surface area contributed by atoms with Gasteiger partial charge in [0.15, 0.2) is 5.82 Å². The van der Waals surface area contributed by atoms with Crippen molar-refractivity contribution in [2.75, 3.05) is 11.4 Å². The molecule has 0 saturated heterocycles. The zero-order valence-corrected chi connectivity index (χ0v) is 13.6. The van der Waals surface area contributed by atoms with Crippen molar-refractivity contribution in [1.29, 1.82) is 0 Å². The van der Waals surface area contributed by atoms with Crippen LogP contribution < -0.4 is 4.90 Å². The summed E-state index contributed by atoms with van der Waals surface area (Å²) in [4.78, 5) is 14.6. The van der Waals surface area contributed by atoms with Gasteiger partial charge in [-0.2, -0.15) is 4.80 Å². The molecule has 24 heavy (non-hydrogen) atoms. The van der Waals surface area contributed by atoms with Crippen LogP contribution in [0.4, 0.5) is 18.9 Å². The van der Waals surface area contributed by atoms with Crippen LogP contribution in [0.3, 0.4) is 0 Å². The molecular formula is C15H18F3N5O. The van der Waals surface area contributed by atoms with Gasteiger partial charge in [0.1, 0.15) is 5.82 Å². The van der Waals surface area contributed by atoms with E-state index in [1.807, 2.05) is 20.8 Å². The van der Waals surface area contributed by atoms with Gasteiger partial charge in [0.05, 0.1) is 18.5 Å². The van der Waals surface area contributed by atoms with Gasteiger partial charge in [-0.05, 0) is 50.3 Å². The van der Waals surface area contributed by atoms with Crippen LogP contribution in [0.25, 0.3) is 0 Å². The van der Waals surface area contributed by atoms with Gasteiger partial charge >= 0.3 is 0 Å². The first kappa shape index (κ1) is 17.9. The molecule has 0 aliphatic carbocycles. The molecule has 1 aromatic carbocycles. The van der Waals surface area contributed by atoms with Crippen LogP contribution in [0.2, 0.25) is 0 Å². The first-order valence-corrected chi connectivity index (χ1v) is 7.30. The number of tetrazole rings is 1. The van der Waals surface area contributed by atoms with Gasteiger partial charge in [0.2, 0.25) is 5.91 Å². The molecular weight excluding hydrogens is 323 g/mol. The molecule has 2 rings (SSSR count). The summed E-state index contributed by atoms with van der Waals surface area (Å²) in [5.41, 5.74) is -0.224. The lowest BCUT2D eigenvalue weighted by molar-refractivity contribution is -0.118. The number of carbonyl (C=O) groups is 1. The van der Waals surface area contributed by atoms with E-state index in [-0.39, 0.29) is 17.9 Å². The standard InChI is InChI=1S/C15H18F3N5O/c1-15(2,3)23-20-13(19-21-23)8-14(24)22(9-12(17)18)11-6-4-10(16)5-7-11/h4-7,12H,8-9H2,1-3H3. The molecule has 0 N–H and O–H groups in total. The number of amides is 1. The predicted octanol–water partition coefficient (Wildman–Crippen LogP) is 2.41. The van der Waals surface area contributed by atoms with E-state index >= 15 is 0 Å². The lowest BCUT2D eigenvalue weighted by Gasteiger charge is -2.22. The third-order valence-corrected chi connectivity index (χ3v) is 3.12. The summed E-state index contributed by atoms with van der Waals surface area (Å²) >= 11 is 0. The van der Waals surface area contributed by atoms with Gasteiger partial charge in [0, 0.05) is 5.69 Å². The van der Waals surface area contributed by atoms with Gasteiger partial charge in [-0.15, -0.1) is 10.2 Å². The number of rotatable bonds is 5. The number of halogens is 3. The van der Waals surface area contributed by atoms with E-state index in [9.17, 15) is 18.0 Å². The molecule has 1 amide bonds. The molecule has 0 aliphatic heterocycles. The SMILES string of the molecule is CC(C)(C)n1nnc(CC(=O)N(CC(F)F)c2ccc(F)cc2)n1. The van der Waals surface area contributed by atoms with E-state index < -0.39 is 30.2 Å². The van der Waals surface area contributed by atoms with Gasteiger partial charge in [-0.1, -0.05) is 0 Å². The largest absolute Gasteiger partial charge is 0.306 e. The highest BCUT2D eigenvalue weighted by Crippen LogP contribution is 2.18. The minimum absolute atomic E-state index is 0.135. The average Bonchev–Trinajstić information content (AvgIpc) is 2.94. The van der Waals surface area contributed by atoms with E-state index in [2.05, 4.69) is 15.4 Å². The van der Waals surface area contributed by atoms with E-state index in [4.69, 9.17) is 0 Å². The summed E-state index contributed by atoms with van der Waals surface area (Å²) in [6.07, 6.45) is -3.00. The molecule has 0 saturated carbocycles. The lowest BCUT2D eigenvalue weighted by Crippen LogP contribution is -2.36. The predicted molar refractivity (Wildman–Crippen MR) is 81.3 cm³/mol. The average molecular weight is 341 g/mol. The second kappa shape index (κ2) is 6.98. The van der Waals surface area contributed by atoms with Crippen LogP contribution in [0.15, 0.2) is 24.3 Å². The normalized spacial score (nSPS) is 11.8. The number of nitrogens with zero attached hydrogens (tertiary/aromatic N) is 5. The summed E-state index contributed by atoms with van der Waals surface area (Å²) in [6.45, 7) is 4.80. The maximum absolute atomic E-state index is 13.0. The van der Waals surface area contributed by atoms with Crippen LogP contribution in [0, 0.1) is 5.82 Å². The van der Waals surface area contributed by atoms with Crippen LogP contribution in [-0.4, -0.2) is 39.1 Å². The highest BCUT2D eigenvalue weighted by Gasteiger charge is 2.23. The Bertz CT molecular complexity index is 694. The molecule has 9 heteroatoms.